The van der Waals surface area contributed by atoms with Gasteiger partial charge in [-0.1, -0.05) is 11.6 Å². The highest BCUT2D eigenvalue weighted by Gasteiger charge is 2.13. The molecule has 0 heterocycles. The smallest absolute Gasteiger partial charge is 0.404 e. The summed E-state index contributed by atoms with van der Waals surface area (Å²) in [6.07, 6.45) is -0.879. The number of ether oxygens (including phenoxy) is 1. The van der Waals surface area contributed by atoms with Gasteiger partial charge in [-0.15, -0.1) is 0 Å². The summed E-state index contributed by atoms with van der Waals surface area (Å²) in [4.78, 5) is 21.6. The summed E-state index contributed by atoms with van der Waals surface area (Å²) >= 11 is 5.94. The summed E-state index contributed by atoms with van der Waals surface area (Å²) in [7, 11) is 0. The molecular weight excluding hydrogens is 260 g/mol. The number of hydrogen-bond acceptors (Lipinski definition) is 5. The minimum absolute atomic E-state index is 0.0360. The molecule has 2 amide bonds. The largest absolute Gasteiger partial charge is 0.448 e. The third-order valence-corrected chi connectivity index (χ3v) is 2.32. The highest BCUT2D eigenvalue weighted by molar-refractivity contribution is 6.34. The van der Waals surface area contributed by atoms with Crippen LogP contribution in [0.2, 0.25) is 5.02 Å². The standard InChI is InChI=1S/C10H13ClN4O3/c11-7-4-5(12)3-6(9(13)16)8(7)15-1-2-18-10(14)17/h3-4,15H,1-2,12H2,(H2,13,16)(H2,14,17). The Hall–Kier alpha value is -2.15. The maximum Gasteiger partial charge on any atom is 0.404 e. The molecule has 0 aliphatic rings. The Morgan fingerprint density at radius 1 is 1.33 bits per heavy atom. The molecule has 0 saturated carbocycles. The first-order chi connectivity index (χ1) is 8.41. The van der Waals surface area contributed by atoms with Gasteiger partial charge in [-0.2, -0.15) is 0 Å². The molecule has 7 N–H and O–H groups in total. The summed E-state index contributed by atoms with van der Waals surface area (Å²) in [5, 5.41) is 3.08. The van der Waals surface area contributed by atoms with E-state index in [0.29, 0.717) is 11.4 Å². The Morgan fingerprint density at radius 3 is 2.56 bits per heavy atom. The predicted octanol–water partition coefficient (Wildman–Crippen LogP) is 0.528. The van der Waals surface area contributed by atoms with Gasteiger partial charge in [0.15, 0.2) is 0 Å². The Labute approximate surface area is 108 Å². The second-order valence-electron chi connectivity index (χ2n) is 3.38. The third-order valence-electron chi connectivity index (χ3n) is 2.03. The number of nitrogens with two attached hydrogens (primary N) is 3. The Balaban J connectivity index is 2.80. The molecule has 1 aromatic carbocycles. The van der Waals surface area contributed by atoms with Gasteiger partial charge in [0.2, 0.25) is 0 Å². The number of halogens is 1. The van der Waals surface area contributed by atoms with Crippen molar-refractivity contribution in [3.8, 4) is 0 Å². The zero-order valence-electron chi connectivity index (χ0n) is 9.40. The first-order valence-electron chi connectivity index (χ1n) is 4.96. The number of anilines is 2. The van der Waals surface area contributed by atoms with Gasteiger partial charge in [0.1, 0.15) is 6.61 Å². The summed E-state index contributed by atoms with van der Waals surface area (Å²) in [5.74, 6) is -0.664. The van der Waals surface area contributed by atoms with E-state index in [-0.39, 0.29) is 23.7 Å². The number of benzene rings is 1. The summed E-state index contributed by atoms with van der Waals surface area (Å²) in [6.45, 7) is 0.265. The maximum atomic E-state index is 11.2. The molecule has 0 fully saturated rings. The fourth-order valence-electron chi connectivity index (χ4n) is 1.33. The zero-order chi connectivity index (χ0) is 13.7. The molecule has 0 bridgehead atoms. The molecule has 7 nitrogen and oxygen atoms in total. The van der Waals surface area contributed by atoms with Crippen LogP contribution >= 0.6 is 11.6 Å². The number of hydrogen-bond donors (Lipinski definition) is 4. The van der Waals surface area contributed by atoms with E-state index in [0.717, 1.165) is 0 Å². The van der Waals surface area contributed by atoms with Gasteiger partial charge in [-0.05, 0) is 12.1 Å². The van der Waals surface area contributed by atoms with Crippen LogP contribution in [0.4, 0.5) is 16.2 Å². The van der Waals surface area contributed by atoms with Crippen LogP contribution in [0.25, 0.3) is 0 Å². The number of carbonyl (C=O) groups excluding carboxylic acids is 2. The quantitative estimate of drug-likeness (QED) is 0.458. The SMILES string of the molecule is NC(=O)OCCNc1c(Cl)cc(N)cc1C(N)=O. The van der Waals surface area contributed by atoms with Crippen molar-refractivity contribution in [2.45, 2.75) is 0 Å². The first kappa shape index (κ1) is 13.9. The number of nitrogens with one attached hydrogen (secondary N) is 1. The van der Waals surface area contributed by atoms with E-state index in [1.807, 2.05) is 0 Å². The second-order valence-corrected chi connectivity index (χ2v) is 3.79. The molecule has 1 rings (SSSR count). The molecule has 0 aliphatic carbocycles. The molecule has 0 aromatic heterocycles. The van der Waals surface area contributed by atoms with Gasteiger partial charge in [0.25, 0.3) is 5.91 Å². The van der Waals surface area contributed by atoms with Crippen LogP contribution in [0.3, 0.4) is 0 Å². The molecule has 1 aromatic rings. The molecule has 98 valence electrons. The fourth-order valence-corrected chi connectivity index (χ4v) is 1.62. The number of carbonyl (C=O) groups is 2. The molecule has 0 saturated heterocycles. The molecule has 8 heteroatoms. The highest BCUT2D eigenvalue weighted by Crippen LogP contribution is 2.28. The zero-order valence-corrected chi connectivity index (χ0v) is 10.2. The van der Waals surface area contributed by atoms with Crippen LogP contribution in [0.5, 0.6) is 0 Å². The van der Waals surface area contributed by atoms with E-state index in [2.05, 4.69) is 10.1 Å². The van der Waals surface area contributed by atoms with Crippen molar-refractivity contribution in [2.75, 3.05) is 24.2 Å². The van der Waals surface area contributed by atoms with Crippen LogP contribution in [0.1, 0.15) is 10.4 Å². The molecule has 0 atom stereocenters. The molecule has 0 radical (unpaired) electrons. The van der Waals surface area contributed by atoms with Crippen LogP contribution < -0.4 is 22.5 Å². The van der Waals surface area contributed by atoms with Crippen molar-refractivity contribution >= 4 is 35.0 Å². The number of rotatable bonds is 5. The summed E-state index contributed by atoms with van der Waals surface area (Å²) < 4.78 is 4.52. The lowest BCUT2D eigenvalue weighted by atomic mass is 10.1. The maximum absolute atomic E-state index is 11.2. The van der Waals surface area contributed by atoms with Crippen LogP contribution in [0.15, 0.2) is 12.1 Å². The second kappa shape index (κ2) is 5.97. The summed E-state index contributed by atoms with van der Waals surface area (Å²) in [6, 6.07) is 2.89. The van der Waals surface area contributed by atoms with Gasteiger partial charge in [-0.25, -0.2) is 4.79 Å². The van der Waals surface area contributed by atoms with Gasteiger partial charge in [-0.3, -0.25) is 4.79 Å². The number of nitrogen functional groups attached to an aromatic ring is 1. The predicted molar refractivity (Wildman–Crippen MR) is 68.4 cm³/mol. The van der Waals surface area contributed by atoms with E-state index in [9.17, 15) is 9.59 Å². The Kier molecular flexibility index (Phi) is 4.61. The third kappa shape index (κ3) is 3.70. The van der Waals surface area contributed by atoms with Gasteiger partial charge in [0.05, 0.1) is 16.3 Å². The average molecular weight is 273 g/mol. The minimum Gasteiger partial charge on any atom is -0.448 e. The van der Waals surface area contributed by atoms with E-state index in [1.165, 1.54) is 12.1 Å². The molecular formula is C10H13ClN4O3. The van der Waals surface area contributed by atoms with Gasteiger partial charge in [0, 0.05) is 12.2 Å². The first-order valence-corrected chi connectivity index (χ1v) is 5.34. The Bertz CT molecular complexity index is 478. The lowest BCUT2D eigenvalue weighted by molar-refractivity contribution is 0.100. The lowest BCUT2D eigenvalue weighted by Crippen LogP contribution is -2.20. The summed E-state index contributed by atoms with van der Waals surface area (Å²) in [5.41, 5.74) is 16.4. The van der Waals surface area contributed by atoms with E-state index in [1.54, 1.807) is 0 Å². The number of primary amides is 2. The van der Waals surface area contributed by atoms with Crippen molar-refractivity contribution < 1.29 is 14.3 Å². The molecule has 0 unspecified atom stereocenters. The molecule has 18 heavy (non-hydrogen) atoms. The van der Waals surface area contributed by atoms with Crippen LogP contribution in [-0.2, 0) is 4.74 Å². The van der Waals surface area contributed by atoms with Crippen molar-refractivity contribution in [1.29, 1.82) is 0 Å². The monoisotopic (exact) mass is 272 g/mol. The lowest BCUT2D eigenvalue weighted by Gasteiger charge is -2.12. The van der Waals surface area contributed by atoms with E-state index in [4.69, 9.17) is 28.8 Å². The Morgan fingerprint density at radius 2 is 2.00 bits per heavy atom. The highest BCUT2D eigenvalue weighted by atomic mass is 35.5. The topological polar surface area (TPSA) is 133 Å². The van der Waals surface area contributed by atoms with Crippen molar-refractivity contribution in [3.63, 3.8) is 0 Å². The van der Waals surface area contributed by atoms with Gasteiger partial charge >= 0.3 is 6.09 Å². The minimum atomic E-state index is -0.879. The van der Waals surface area contributed by atoms with E-state index >= 15 is 0 Å². The van der Waals surface area contributed by atoms with Crippen LogP contribution in [-0.4, -0.2) is 25.2 Å². The van der Waals surface area contributed by atoms with Crippen LogP contribution in [0, 0.1) is 0 Å². The van der Waals surface area contributed by atoms with E-state index < -0.39 is 12.0 Å². The van der Waals surface area contributed by atoms with Crippen molar-refractivity contribution in [3.05, 3.63) is 22.7 Å². The molecule has 0 aliphatic heterocycles. The average Bonchev–Trinajstić information content (AvgIpc) is 2.25. The number of amides is 2. The molecule has 0 spiro atoms. The van der Waals surface area contributed by atoms with Crippen molar-refractivity contribution in [2.24, 2.45) is 11.5 Å². The fraction of sp³-hybridized carbons (Fsp3) is 0.200. The normalized spacial score (nSPS) is 9.83. The van der Waals surface area contributed by atoms with Gasteiger partial charge < -0.3 is 27.3 Å². The van der Waals surface area contributed by atoms with Crippen molar-refractivity contribution in [1.82, 2.24) is 0 Å².